The number of aryl methyl sites for hydroxylation is 1. The van der Waals surface area contributed by atoms with Gasteiger partial charge in [-0.05, 0) is 48.9 Å². The highest BCUT2D eigenvalue weighted by atomic mass is 35.5. The molecule has 0 aliphatic rings. The fourth-order valence-electron chi connectivity index (χ4n) is 2.03. The van der Waals surface area contributed by atoms with E-state index >= 15 is 0 Å². The molecule has 6 nitrogen and oxygen atoms in total. The van der Waals surface area contributed by atoms with Crippen molar-refractivity contribution in [2.24, 2.45) is 0 Å². The third kappa shape index (κ3) is 4.91. The second-order valence-electron chi connectivity index (χ2n) is 5.11. The molecular weight excluding hydrogens is 373 g/mol. The molecule has 0 atom stereocenters. The predicted octanol–water partition coefficient (Wildman–Crippen LogP) is 2.84. The van der Waals surface area contributed by atoms with Gasteiger partial charge in [-0.1, -0.05) is 11.6 Å². The van der Waals surface area contributed by atoms with Crippen LogP contribution in [-0.4, -0.2) is 32.6 Å². The summed E-state index contributed by atoms with van der Waals surface area (Å²) in [7, 11) is -4.21. The zero-order valence-corrected chi connectivity index (χ0v) is 14.7. The van der Waals surface area contributed by atoms with Crippen LogP contribution < -0.4 is 9.46 Å². The molecule has 0 heterocycles. The molecule has 0 unspecified atom stereocenters. The minimum atomic E-state index is -4.21. The highest BCUT2D eigenvalue weighted by Crippen LogP contribution is 2.21. The Kier molecular flexibility index (Phi) is 5.99. The third-order valence-corrected chi connectivity index (χ3v) is 4.97. The second kappa shape index (κ2) is 7.81. The number of carbonyl (C=O) groups is 1. The Bertz CT molecular complexity index is 901. The Balaban J connectivity index is 2.02. The van der Waals surface area contributed by atoms with Crippen LogP contribution in [0.25, 0.3) is 0 Å². The number of ether oxygens (including phenoxy) is 1. The van der Waals surface area contributed by atoms with E-state index in [1.807, 2.05) is 0 Å². The molecule has 0 aromatic heterocycles. The summed E-state index contributed by atoms with van der Waals surface area (Å²) in [5.74, 6) is -1.84. The van der Waals surface area contributed by atoms with Gasteiger partial charge in [-0.25, -0.2) is 22.3 Å². The first-order valence-electron chi connectivity index (χ1n) is 7.12. The number of halogens is 2. The quantitative estimate of drug-likeness (QED) is 0.712. The van der Waals surface area contributed by atoms with Crippen LogP contribution in [0.2, 0.25) is 5.02 Å². The van der Waals surface area contributed by atoms with Crippen LogP contribution in [-0.2, 0) is 10.0 Å². The molecule has 2 rings (SSSR count). The number of carboxylic acids is 1. The molecular formula is C16H15ClFNO5S. The van der Waals surface area contributed by atoms with E-state index in [-0.39, 0.29) is 18.7 Å². The van der Waals surface area contributed by atoms with E-state index in [2.05, 4.69) is 4.72 Å². The molecule has 2 N–H and O–H groups in total. The fraction of sp³-hybridized carbons (Fsp3) is 0.188. The molecule has 0 radical (unpaired) electrons. The number of sulfonamides is 1. The molecule has 0 aliphatic heterocycles. The van der Waals surface area contributed by atoms with Gasteiger partial charge in [-0.15, -0.1) is 0 Å². The van der Waals surface area contributed by atoms with E-state index in [1.54, 1.807) is 25.1 Å². The van der Waals surface area contributed by atoms with Crippen LogP contribution in [0.1, 0.15) is 15.9 Å². The summed E-state index contributed by atoms with van der Waals surface area (Å²) in [6.45, 7) is 1.67. The van der Waals surface area contributed by atoms with Gasteiger partial charge in [0.2, 0.25) is 10.0 Å². The van der Waals surface area contributed by atoms with Gasteiger partial charge in [-0.3, -0.25) is 0 Å². The van der Waals surface area contributed by atoms with E-state index in [0.717, 1.165) is 23.8 Å². The van der Waals surface area contributed by atoms with Gasteiger partial charge in [0, 0.05) is 11.6 Å². The van der Waals surface area contributed by atoms with E-state index in [1.165, 1.54) is 0 Å². The van der Waals surface area contributed by atoms with Gasteiger partial charge < -0.3 is 9.84 Å². The van der Waals surface area contributed by atoms with Crippen LogP contribution in [0.3, 0.4) is 0 Å². The summed E-state index contributed by atoms with van der Waals surface area (Å²) in [6, 6.07) is 7.55. The summed E-state index contributed by atoms with van der Waals surface area (Å²) >= 11 is 5.83. The van der Waals surface area contributed by atoms with Crippen LogP contribution in [0.15, 0.2) is 41.3 Å². The minimum Gasteiger partial charge on any atom is -0.492 e. The number of benzene rings is 2. The average molecular weight is 388 g/mol. The first-order valence-corrected chi connectivity index (χ1v) is 8.98. The van der Waals surface area contributed by atoms with Crippen molar-refractivity contribution in [3.05, 3.63) is 58.4 Å². The van der Waals surface area contributed by atoms with Crippen LogP contribution in [0, 0.1) is 12.7 Å². The molecule has 0 aliphatic carbocycles. The van der Waals surface area contributed by atoms with Gasteiger partial charge >= 0.3 is 5.97 Å². The van der Waals surface area contributed by atoms with Gasteiger partial charge in [-0.2, -0.15) is 0 Å². The smallest absolute Gasteiger partial charge is 0.335 e. The Morgan fingerprint density at radius 2 is 2.00 bits per heavy atom. The Morgan fingerprint density at radius 1 is 1.28 bits per heavy atom. The Labute approximate surface area is 149 Å². The molecule has 0 spiro atoms. The lowest BCUT2D eigenvalue weighted by Gasteiger charge is -2.11. The first-order chi connectivity index (χ1) is 11.7. The van der Waals surface area contributed by atoms with Crippen molar-refractivity contribution in [3.63, 3.8) is 0 Å². The maximum absolute atomic E-state index is 13.7. The molecule has 9 heteroatoms. The molecule has 0 saturated carbocycles. The predicted molar refractivity (Wildman–Crippen MR) is 90.2 cm³/mol. The number of hydrogen-bond acceptors (Lipinski definition) is 4. The van der Waals surface area contributed by atoms with Crippen molar-refractivity contribution in [1.29, 1.82) is 0 Å². The lowest BCUT2D eigenvalue weighted by molar-refractivity contribution is 0.0696. The lowest BCUT2D eigenvalue weighted by atomic mass is 10.2. The second-order valence-corrected chi connectivity index (χ2v) is 7.28. The zero-order chi connectivity index (χ0) is 18.6. The topological polar surface area (TPSA) is 92.7 Å². The molecule has 2 aromatic carbocycles. The van der Waals surface area contributed by atoms with Crippen LogP contribution in [0.5, 0.6) is 5.75 Å². The summed E-state index contributed by atoms with van der Waals surface area (Å²) in [5.41, 5.74) is 0.463. The van der Waals surface area contributed by atoms with Crippen LogP contribution in [0.4, 0.5) is 4.39 Å². The summed E-state index contributed by atoms with van der Waals surface area (Å²) in [5, 5.41) is 9.44. The molecule has 0 amide bonds. The van der Waals surface area contributed by atoms with Crippen molar-refractivity contribution in [2.75, 3.05) is 13.2 Å². The number of aromatic carboxylic acids is 1. The number of hydrogen-bond donors (Lipinski definition) is 2. The van der Waals surface area contributed by atoms with Gasteiger partial charge in [0.15, 0.2) is 0 Å². The maximum Gasteiger partial charge on any atom is 0.335 e. The van der Waals surface area contributed by atoms with Crippen molar-refractivity contribution >= 4 is 27.6 Å². The molecule has 0 saturated heterocycles. The highest BCUT2D eigenvalue weighted by molar-refractivity contribution is 7.89. The molecule has 0 bridgehead atoms. The summed E-state index contributed by atoms with van der Waals surface area (Å²) < 4.78 is 45.6. The van der Waals surface area contributed by atoms with Crippen molar-refractivity contribution in [3.8, 4) is 5.75 Å². The zero-order valence-electron chi connectivity index (χ0n) is 13.1. The number of nitrogens with one attached hydrogen (secondary N) is 1. The molecule has 25 heavy (non-hydrogen) atoms. The molecule has 0 fully saturated rings. The number of rotatable bonds is 7. The van der Waals surface area contributed by atoms with E-state index < -0.39 is 26.7 Å². The van der Waals surface area contributed by atoms with Crippen molar-refractivity contribution in [1.82, 2.24) is 4.72 Å². The average Bonchev–Trinajstić information content (AvgIpc) is 2.53. The normalized spacial score (nSPS) is 11.3. The van der Waals surface area contributed by atoms with Gasteiger partial charge in [0.05, 0.1) is 5.56 Å². The maximum atomic E-state index is 13.7. The van der Waals surface area contributed by atoms with E-state index in [4.69, 9.17) is 21.4 Å². The monoisotopic (exact) mass is 387 g/mol. The highest BCUT2D eigenvalue weighted by Gasteiger charge is 2.20. The Hall–Kier alpha value is -2.16. The van der Waals surface area contributed by atoms with Crippen molar-refractivity contribution in [2.45, 2.75) is 11.8 Å². The largest absolute Gasteiger partial charge is 0.492 e. The summed E-state index contributed by atoms with van der Waals surface area (Å²) in [6.07, 6.45) is 0. The standard InChI is InChI=1S/C16H15ClFNO5S/c1-10-8-12(17)3-5-14(10)24-7-6-19-25(22,23)15-9-11(16(20)21)2-4-13(15)18/h2-5,8-9,19H,6-7H2,1H3,(H,20,21). The van der Waals surface area contributed by atoms with E-state index in [9.17, 15) is 17.6 Å². The van der Waals surface area contributed by atoms with Crippen LogP contribution >= 0.6 is 11.6 Å². The van der Waals surface area contributed by atoms with Gasteiger partial charge in [0.1, 0.15) is 23.1 Å². The van der Waals surface area contributed by atoms with Crippen molar-refractivity contribution < 1.29 is 27.4 Å². The minimum absolute atomic E-state index is 0.00193. The first kappa shape index (κ1) is 19.2. The summed E-state index contributed by atoms with van der Waals surface area (Å²) in [4.78, 5) is 10.2. The van der Waals surface area contributed by atoms with Gasteiger partial charge in [0.25, 0.3) is 0 Å². The molecule has 134 valence electrons. The SMILES string of the molecule is Cc1cc(Cl)ccc1OCCNS(=O)(=O)c1cc(C(=O)O)ccc1F. The lowest BCUT2D eigenvalue weighted by Crippen LogP contribution is -2.29. The van der Waals surface area contributed by atoms with E-state index in [0.29, 0.717) is 10.8 Å². The number of carboxylic acid groups (broad SMARTS) is 1. The Morgan fingerprint density at radius 3 is 2.64 bits per heavy atom. The fourth-order valence-corrected chi connectivity index (χ4v) is 3.37. The third-order valence-electron chi connectivity index (χ3n) is 3.26. The molecule has 2 aromatic rings.